The smallest absolute Gasteiger partial charge is 0.321 e. The van der Waals surface area contributed by atoms with Crippen LogP contribution in [0.2, 0.25) is 0 Å². The fraction of sp³-hybridized carbons (Fsp3) is 0.375. The van der Waals surface area contributed by atoms with Gasteiger partial charge in [-0.1, -0.05) is 30.3 Å². The molecular formula is C16H21N5O2S. The van der Waals surface area contributed by atoms with Crippen molar-refractivity contribution in [2.75, 3.05) is 5.32 Å². The minimum absolute atomic E-state index is 0.0799. The minimum atomic E-state index is -0.407. The monoisotopic (exact) mass is 347 g/mol. The summed E-state index contributed by atoms with van der Waals surface area (Å²) in [7, 11) is 0. The van der Waals surface area contributed by atoms with Crippen molar-refractivity contribution in [2.24, 2.45) is 0 Å². The fourth-order valence-corrected chi connectivity index (χ4v) is 2.63. The van der Waals surface area contributed by atoms with Crippen molar-refractivity contribution in [1.82, 2.24) is 20.0 Å². The lowest BCUT2D eigenvalue weighted by Gasteiger charge is -2.14. The molecule has 1 unspecified atom stereocenters. The molecular weight excluding hydrogens is 326 g/mol. The topological polar surface area (TPSA) is 96.0 Å². The Kier molecular flexibility index (Phi) is 6.25. The summed E-state index contributed by atoms with van der Waals surface area (Å²) in [4.78, 5) is 27.9. The molecule has 3 N–H and O–H groups in total. The highest BCUT2D eigenvalue weighted by Crippen LogP contribution is 2.20. The van der Waals surface area contributed by atoms with E-state index < -0.39 is 6.03 Å². The van der Waals surface area contributed by atoms with Crippen molar-refractivity contribution in [2.45, 2.75) is 39.3 Å². The molecule has 0 aliphatic rings. The van der Waals surface area contributed by atoms with Gasteiger partial charge in [-0.05, 0) is 20.8 Å². The van der Waals surface area contributed by atoms with Gasteiger partial charge in [-0.25, -0.2) is 4.79 Å². The Morgan fingerprint density at radius 3 is 2.50 bits per heavy atom. The van der Waals surface area contributed by atoms with Crippen LogP contribution < -0.4 is 16.0 Å². The zero-order chi connectivity index (χ0) is 17.5. The average Bonchev–Trinajstić information content (AvgIpc) is 2.95. The van der Waals surface area contributed by atoms with Crippen LogP contribution >= 0.6 is 11.5 Å². The van der Waals surface area contributed by atoms with Crippen molar-refractivity contribution in [3.05, 3.63) is 30.3 Å². The standard InChI is InChI=1S/C16H21N5O2S/c1-10(2)17-13(22)9-11(3)18-15(23)20-16-19-14(21-24-16)12-7-5-4-6-8-12/h4-8,10-11H,9H2,1-3H3,(H,17,22)(H2,18,19,20,21,23). The van der Waals surface area contributed by atoms with E-state index in [4.69, 9.17) is 0 Å². The molecule has 0 bridgehead atoms. The van der Waals surface area contributed by atoms with Crippen LogP contribution in [0.5, 0.6) is 0 Å². The van der Waals surface area contributed by atoms with Crippen LogP contribution in [0.15, 0.2) is 30.3 Å². The molecule has 0 fully saturated rings. The molecule has 0 saturated heterocycles. The zero-order valence-electron chi connectivity index (χ0n) is 13.9. The van der Waals surface area contributed by atoms with Gasteiger partial charge >= 0.3 is 6.03 Å². The number of aromatic nitrogens is 2. The second kappa shape index (κ2) is 8.39. The van der Waals surface area contributed by atoms with E-state index in [1.807, 2.05) is 44.2 Å². The summed E-state index contributed by atoms with van der Waals surface area (Å²) in [6.07, 6.45) is 0.219. The summed E-state index contributed by atoms with van der Waals surface area (Å²) in [6.45, 7) is 5.56. The van der Waals surface area contributed by atoms with E-state index in [0.717, 1.165) is 17.1 Å². The highest BCUT2D eigenvalue weighted by Gasteiger charge is 2.14. The minimum Gasteiger partial charge on any atom is -0.354 e. The first-order valence-corrected chi connectivity index (χ1v) is 8.47. The summed E-state index contributed by atoms with van der Waals surface area (Å²) >= 11 is 1.11. The van der Waals surface area contributed by atoms with Crippen molar-refractivity contribution >= 4 is 28.6 Å². The number of amides is 3. The number of nitrogens with one attached hydrogen (secondary N) is 3. The van der Waals surface area contributed by atoms with Crippen molar-refractivity contribution < 1.29 is 9.59 Å². The molecule has 0 spiro atoms. The Balaban J connectivity index is 1.84. The lowest BCUT2D eigenvalue weighted by atomic mass is 10.2. The van der Waals surface area contributed by atoms with E-state index in [9.17, 15) is 9.59 Å². The molecule has 0 radical (unpaired) electrons. The maximum absolute atomic E-state index is 12.0. The number of hydrogen-bond donors (Lipinski definition) is 3. The Bertz CT molecular complexity index is 687. The molecule has 24 heavy (non-hydrogen) atoms. The van der Waals surface area contributed by atoms with Crippen LogP contribution in [-0.2, 0) is 4.79 Å². The van der Waals surface area contributed by atoms with Gasteiger partial charge in [0, 0.05) is 35.6 Å². The van der Waals surface area contributed by atoms with Gasteiger partial charge in [0.15, 0.2) is 5.82 Å². The third-order valence-corrected chi connectivity index (χ3v) is 3.63. The number of nitrogens with zero attached hydrogens (tertiary/aromatic N) is 2. The second-order valence-corrected chi connectivity index (χ2v) is 6.47. The molecule has 2 aromatic rings. The largest absolute Gasteiger partial charge is 0.354 e. The zero-order valence-corrected chi connectivity index (χ0v) is 14.7. The number of carbonyl (C=O) groups is 2. The number of carbonyl (C=O) groups excluding carboxylic acids is 2. The van der Waals surface area contributed by atoms with Crippen LogP contribution in [-0.4, -0.2) is 33.4 Å². The first-order valence-electron chi connectivity index (χ1n) is 7.70. The SMILES string of the molecule is CC(C)NC(=O)CC(C)NC(=O)Nc1nc(-c2ccccc2)ns1. The molecule has 128 valence electrons. The fourth-order valence-electron chi connectivity index (χ4n) is 2.05. The van der Waals surface area contributed by atoms with Crippen molar-refractivity contribution in [3.63, 3.8) is 0 Å². The Morgan fingerprint density at radius 1 is 1.12 bits per heavy atom. The Labute approximate surface area is 145 Å². The van der Waals surface area contributed by atoms with Gasteiger partial charge < -0.3 is 10.6 Å². The molecule has 0 aliphatic heterocycles. The molecule has 2 rings (SSSR count). The summed E-state index contributed by atoms with van der Waals surface area (Å²) in [5.74, 6) is 0.473. The number of anilines is 1. The van der Waals surface area contributed by atoms with Gasteiger partial charge in [-0.2, -0.15) is 9.36 Å². The Morgan fingerprint density at radius 2 is 1.83 bits per heavy atom. The number of rotatable bonds is 6. The van der Waals surface area contributed by atoms with Crippen LogP contribution in [0.25, 0.3) is 11.4 Å². The first-order chi connectivity index (χ1) is 11.4. The van der Waals surface area contributed by atoms with Crippen molar-refractivity contribution in [3.8, 4) is 11.4 Å². The summed E-state index contributed by atoms with van der Waals surface area (Å²) in [5, 5.41) is 8.54. The summed E-state index contributed by atoms with van der Waals surface area (Å²) < 4.78 is 4.22. The van der Waals surface area contributed by atoms with Gasteiger partial charge in [-0.3, -0.25) is 10.1 Å². The molecule has 1 aromatic carbocycles. The van der Waals surface area contributed by atoms with Crippen LogP contribution in [0.1, 0.15) is 27.2 Å². The molecule has 8 heteroatoms. The third-order valence-electron chi connectivity index (χ3n) is 3.00. The maximum atomic E-state index is 12.0. The molecule has 7 nitrogen and oxygen atoms in total. The highest BCUT2D eigenvalue weighted by molar-refractivity contribution is 7.10. The molecule has 1 aromatic heterocycles. The summed E-state index contributed by atoms with van der Waals surface area (Å²) in [5.41, 5.74) is 0.890. The van der Waals surface area contributed by atoms with E-state index in [-0.39, 0.29) is 24.4 Å². The van der Waals surface area contributed by atoms with E-state index in [2.05, 4.69) is 25.3 Å². The van der Waals surface area contributed by atoms with E-state index in [0.29, 0.717) is 11.0 Å². The predicted octanol–water partition coefficient (Wildman–Crippen LogP) is 2.63. The van der Waals surface area contributed by atoms with Gasteiger partial charge in [0.25, 0.3) is 0 Å². The highest BCUT2D eigenvalue weighted by atomic mass is 32.1. The second-order valence-electron chi connectivity index (χ2n) is 5.72. The predicted molar refractivity (Wildman–Crippen MR) is 94.9 cm³/mol. The molecule has 3 amide bonds. The van der Waals surface area contributed by atoms with Crippen LogP contribution in [0, 0.1) is 0 Å². The molecule has 0 aliphatic carbocycles. The van der Waals surface area contributed by atoms with E-state index >= 15 is 0 Å². The number of benzene rings is 1. The molecule has 1 heterocycles. The quantitative estimate of drug-likeness (QED) is 0.748. The molecule has 1 atom stereocenters. The summed E-state index contributed by atoms with van der Waals surface area (Å²) in [6, 6.07) is 8.92. The normalized spacial score (nSPS) is 11.8. The number of hydrogen-bond acceptors (Lipinski definition) is 5. The van der Waals surface area contributed by atoms with Crippen molar-refractivity contribution in [1.29, 1.82) is 0 Å². The van der Waals surface area contributed by atoms with Gasteiger partial charge in [-0.15, -0.1) is 0 Å². The lowest BCUT2D eigenvalue weighted by molar-refractivity contribution is -0.121. The lowest BCUT2D eigenvalue weighted by Crippen LogP contribution is -2.40. The van der Waals surface area contributed by atoms with Gasteiger partial charge in [0.1, 0.15) is 0 Å². The van der Waals surface area contributed by atoms with Gasteiger partial charge in [0.05, 0.1) is 0 Å². The van der Waals surface area contributed by atoms with Gasteiger partial charge in [0.2, 0.25) is 11.0 Å². The average molecular weight is 347 g/mol. The van der Waals surface area contributed by atoms with Crippen LogP contribution in [0.3, 0.4) is 0 Å². The third kappa shape index (κ3) is 5.62. The van der Waals surface area contributed by atoms with Crippen LogP contribution in [0.4, 0.5) is 9.93 Å². The Hall–Kier alpha value is -2.48. The maximum Gasteiger partial charge on any atom is 0.321 e. The first kappa shape index (κ1) is 17.9. The number of urea groups is 1. The van der Waals surface area contributed by atoms with E-state index in [1.165, 1.54) is 0 Å². The van der Waals surface area contributed by atoms with E-state index in [1.54, 1.807) is 6.92 Å². The molecule has 0 saturated carbocycles.